The second-order valence-electron chi connectivity index (χ2n) is 7.98. The van der Waals surface area contributed by atoms with E-state index in [9.17, 15) is 14.4 Å². The van der Waals surface area contributed by atoms with Gasteiger partial charge in [-0.05, 0) is 56.2 Å². The molecule has 0 aliphatic carbocycles. The lowest BCUT2D eigenvalue weighted by Gasteiger charge is -2.48. The van der Waals surface area contributed by atoms with Gasteiger partial charge in [-0.2, -0.15) is 11.8 Å². The number of nitrogens with zero attached hydrogens (tertiary/aromatic N) is 2. The third-order valence-corrected chi connectivity index (χ3v) is 7.17. The molecule has 3 heterocycles. The molecular weight excluding hydrogens is 374 g/mol. The Kier molecular flexibility index (Phi) is 5.36. The Labute approximate surface area is 170 Å². The first-order chi connectivity index (χ1) is 13.5. The van der Waals surface area contributed by atoms with Crippen molar-refractivity contribution < 1.29 is 14.4 Å². The van der Waals surface area contributed by atoms with Gasteiger partial charge in [0.2, 0.25) is 11.8 Å². The summed E-state index contributed by atoms with van der Waals surface area (Å²) in [5.74, 6) is 2.28. The van der Waals surface area contributed by atoms with Gasteiger partial charge in [0, 0.05) is 25.4 Å². The molecule has 0 saturated carbocycles. The zero-order valence-electron chi connectivity index (χ0n) is 16.3. The van der Waals surface area contributed by atoms with Crippen molar-refractivity contribution >= 4 is 35.2 Å². The second kappa shape index (κ2) is 7.78. The molecule has 28 heavy (non-hydrogen) atoms. The van der Waals surface area contributed by atoms with Crippen molar-refractivity contribution in [1.29, 1.82) is 0 Å². The highest BCUT2D eigenvalue weighted by atomic mass is 32.2. The number of carbonyl (C=O) groups excluding carboxylic acids is 3. The molecule has 1 atom stereocenters. The van der Waals surface area contributed by atoms with Gasteiger partial charge in [0.25, 0.3) is 5.91 Å². The van der Waals surface area contributed by atoms with Crippen LogP contribution < -0.4 is 10.2 Å². The fourth-order valence-electron chi connectivity index (χ4n) is 4.58. The summed E-state index contributed by atoms with van der Waals surface area (Å²) in [5, 5.41) is 3.13. The normalized spacial score (nSPS) is 24.9. The summed E-state index contributed by atoms with van der Waals surface area (Å²) in [6.45, 7) is 2.44. The number of carbonyl (C=O) groups is 3. The van der Waals surface area contributed by atoms with Gasteiger partial charge in [0.15, 0.2) is 0 Å². The first-order valence-electron chi connectivity index (χ1n) is 10.1. The number of hydrogen-bond acceptors (Lipinski definition) is 4. The van der Waals surface area contributed by atoms with E-state index in [4.69, 9.17) is 0 Å². The summed E-state index contributed by atoms with van der Waals surface area (Å²) < 4.78 is 0. The number of hydrogen-bond donors (Lipinski definition) is 1. The average molecular weight is 402 g/mol. The predicted octanol–water partition coefficient (Wildman–Crippen LogP) is 2.78. The Morgan fingerprint density at radius 2 is 2.00 bits per heavy atom. The van der Waals surface area contributed by atoms with Gasteiger partial charge in [-0.15, -0.1) is 0 Å². The molecule has 4 rings (SSSR count). The Bertz CT molecular complexity index is 793. The molecule has 3 aliphatic rings. The Hall–Kier alpha value is -2.02. The summed E-state index contributed by atoms with van der Waals surface area (Å²) in [7, 11) is 0. The maximum Gasteiger partial charge on any atom is 0.257 e. The van der Waals surface area contributed by atoms with Gasteiger partial charge >= 0.3 is 0 Å². The Morgan fingerprint density at radius 3 is 2.79 bits per heavy atom. The molecular formula is C21H27N3O3S. The van der Waals surface area contributed by atoms with E-state index in [1.165, 1.54) is 0 Å². The molecule has 3 aliphatic heterocycles. The van der Waals surface area contributed by atoms with E-state index in [0.29, 0.717) is 43.5 Å². The van der Waals surface area contributed by atoms with Crippen LogP contribution in [0.1, 0.15) is 55.8 Å². The van der Waals surface area contributed by atoms with E-state index in [0.717, 1.165) is 24.3 Å². The molecule has 1 aromatic carbocycles. The zero-order valence-corrected chi connectivity index (χ0v) is 17.1. The highest BCUT2D eigenvalue weighted by Gasteiger charge is 2.52. The van der Waals surface area contributed by atoms with Gasteiger partial charge in [-0.3, -0.25) is 19.3 Å². The molecule has 0 radical (unpaired) electrons. The molecule has 1 aromatic rings. The average Bonchev–Trinajstić information content (AvgIpc) is 3.01. The van der Waals surface area contributed by atoms with Crippen LogP contribution in [-0.2, 0) is 9.59 Å². The number of fused-ring (bicyclic) bond motifs is 3. The molecule has 150 valence electrons. The quantitative estimate of drug-likeness (QED) is 0.824. The topological polar surface area (TPSA) is 69.7 Å². The van der Waals surface area contributed by atoms with Crippen LogP contribution in [0.2, 0.25) is 0 Å². The lowest BCUT2D eigenvalue weighted by atomic mass is 9.98. The number of amides is 3. The van der Waals surface area contributed by atoms with Crippen molar-refractivity contribution in [3.8, 4) is 0 Å². The van der Waals surface area contributed by atoms with Crippen LogP contribution in [0.15, 0.2) is 24.3 Å². The summed E-state index contributed by atoms with van der Waals surface area (Å²) in [5.41, 5.74) is 0.639. The summed E-state index contributed by atoms with van der Waals surface area (Å²) in [6.07, 6.45) is 4.13. The van der Waals surface area contributed by atoms with Gasteiger partial charge in [-0.1, -0.05) is 12.1 Å². The molecule has 0 spiro atoms. The highest BCUT2D eigenvalue weighted by Crippen LogP contribution is 2.44. The Balaban J connectivity index is 1.43. The minimum Gasteiger partial charge on any atom is -0.353 e. The molecule has 6 nitrogen and oxygen atoms in total. The first kappa shape index (κ1) is 19.3. The Morgan fingerprint density at radius 1 is 1.25 bits per heavy atom. The van der Waals surface area contributed by atoms with Gasteiger partial charge in [0.05, 0.1) is 11.3 Å². The molecule has 0 unspecified atom stereocenters. The van der Waals surface area contributed by atoms with Crippen LogP contribution in [0, 0.1) is 0 Å². The largest absolute Gasteiger partial charge is 0.353 e. The zero-order chi connectivity index (χ0) is 19.7. The lowest BCUT2D eigenvalue weighted by molar-refractivity contribution is -0.122. The van der Waals surface area contributed by atoms with Crippen molar-refractivity contribution in [1.82, 2.24) is 10.2 Å². The molecule has 2 saturated heterocycles. The first-order valence-corrected chi connectivity index (χ1v) is 11.3. The van der Waals surface area contributed by atoms with Crippen LogP contribution in [0.5, 0.6) is 0 Å². The van der Waals surface area contributed by atoms with Crippen LogP contribution >= 0.6 is 11.8 Å². The molecule has 1 N–H and O–H groups in total. The third kappa shape index (κ3) is 3.41. The van der Waals surface area contributed by atoms with Crippen LogP contribution in [-0.4, -0.2) is 52.4 Å². The van der Waals surface area contributed by atoms with Gasteiger partial charge < -0.3 is 10.2 Å². The van der Waals surface area contributed by atoms with E-state index in [2.05, 4.69) is 5.32 Å². The fourth-order valence-corrected chi connectivity index (χ4v) is 5.69. The number of anilines is 1. The lowest BCUT2D eigenvalue weighted by Crippen LogP contribution is -2.62. The van der Waals surface area contributed by atoms with Crippen LogP contribution in [0.3, 0.4) is 0 Å². The third-order valence-electron chi connectivity index (χ3n) is 6.12. The van der Waals surface area contributed by atoms with Crippen LogP contribution in [0.25, 0.3) is 0 Å². The van der Waals surface area contributed by atoms with Gasteiger partial charge in [0.1, 0.15) is 5.66 Å². The monoisotopic (exact) mass is 401 g/mol. The number of rotatable bonds is 5. The maximum absolute atomic E-state index is 13.1. The number of para-hydroxylation sites is 1. The van der Waals surface area contributed by atoms with Crippen molar-refractivity contribution in [3.05, 3.63) is 29.8 Å². The van der Waals surface area contributed by atoms with Crippen LogP contribution in [0.4, 0.5) is 5.69 Å². The fraction of sp³-hybridized carbons (Fsp3) is 0.571. The maximum atomic E-state index is 13.1. The van der Waals surface area contributed by atoms with Crippen molar-refractivity contribution in [2.75, 3.05) is 23.0 Å². The smallest absolute Gasteiger partial charge is 0.257 e. The van der Waals surface area contributed by atoms with E-state index in [1.807, 2.05) is 36.9 Å². The molecule has 7 heteroatoms. The number of benzene rings is 1. The van der Waals surface area contributed by atoms with E-state index in [-0.39, 0.29) is 23.8 Å². The molecule has 3 amide bonds. The standard InChI is InChI=1S/C21H27N3O3S/c1-21-11-8-19(26)24(21)17-6-3-2-5-16(17)20(27)23(21)12-4-7-18(25)22-15-9-13-28-14-10-15/h2-3,5-6,15H,4,7-14H2,1H3,(H,22,25)/t21-/m0/s1. The van der Waals surface area contributed by atoms with E-state index in [1.54, 1.807) is 15.9 Å². The van der Waals surface area contributed by atoms with Gasteiger partial charge in [-0.25, -0.2) is 0 Å². The van der Waals surface area contributed by atoms with Crippen molar-refractivity contribution in [2.45, 2.75) is 57.2 Å². The van der Waals surface area contributed by atoms with Crippen molar-refractivity contribution in [2.24, 2.45) is 0 Å². The minimum absolute atomic E-state index is 0.0474. The predicted molar refractivity (Wildman–Crippen MR) is 110 cm³/mol. The number of nitrogens with one attached hydrogen (secondary N) is 1. The van der Waals surface area contributed by atoms with E-state index < -0.39 is 5.66 Å². The summed E-state index contributed by atoms with van der Waals surface area (Å²) in [4.78, 5) is 41.6. The van der Waals surface area contributed by atoms with E-state index >= 15 is 0 Å². The highest BCUT2D eigenvalue weighted by molar-refractivity contribution is 7.99. The summed E-state index contributed by atoms with van der Waals surface area (Å²) in [6, 6.07) is 7.61. The molecule has 0 aromatic heterocycles. The SMILES string of the molecule is C[C@@]12CCC(=O)N1c1ccccc1C(=O)N2CCCC(=O)NC1CCSCC1. The number of thioether (sulfide) groups is 1. The molecule has 0 bridgehead atoms. The minimum atomic E-state index is -0.639. The summed E-state index contributed by atoms with van der Waals surface area (Å²) >= 11 is 1.94. The van der Waals surface area contributed by atoms with Crippen molar-refractivity contribution in [3.63, 3.8) is 0 Å². The molecule has 2 fully saturated rings. The second-order valence-corrected chi connectivity index (χ2v) is 9.20.